The van der Waals surface area contributed by atoms with Crippen LogP contribution in [0.3, 0.4) is 0 Å². The highest BCUT2D eigenvalue weighted by Gasteiger charge is 2.26. The van der Waals surface area contributed by atoms with Crippen LogP contribution in [-0.4, -0.2) is 143 Å². The minimum absolute atomic E-state index is 0.107. The Labute approximate surface area is 158 Å². The van der Waals surface area contributed by atoms with Gasteiger partial charge in [-0.3, -0.25) is 24.3 Å². The lowest BCUT2D eigenvalue weighted by Crippen LogP contribution is -2.53. The molecule has 1 fully saturated rings. The van der Waals surface area contributed by atoms with Gasteiger partial charge in [0, 0.05) is 52.4 Å². The number of aliphatic carboxylic acids is 2. The Kier molecular flexibility index (Phi) is 11.4. The van der Waals surface area contributed by atoms with Gasteiger partial charge in [0.05, 0.1) is 38.4 Å². The van der Waals surface area contributed by atoms with Crippen LogP contribution in [0.4, 0.5) is 0 Å². The lowest BCUT2D eigenvalue weighted by atomic mass is 10.1. The number of nitrogens with one attached hydrogen (secondary N) is 1. The molecule has 0 aromatic heterocycles. The molecule has 1 rings (SSSR count). The summed E-state index contributed by atoms with van der Waals surface area (Å²) < 4.78 is 0. The summed E-state index contributed by atoms with van der Waals surface area (Å²) in [6.45, 7) is 2.61. The van der Waals surface area contributed by atoms with E-state index in [0.29, 0.717) is 52.4 Å². The Morgan fingerprint density at radius 1 is 0.815 bits per heavy atom. The fourth-order valence-corrected chi connectivity index (χ4v) is 3.11. The third kappa shape index (κ3) is 9.42. The van der Waals surface area contributed by atoms with Gasteiger partial charge < -0.3 is 30.8 Å². The van der Waals surface area contributed by atoms with Crippen LogP contribution in [0.1, 0.15) is 0 Å². The summed E-state index contributed by atoms with van der Waals surface area (Å²) in [7, 11) is 0. The summed E-state index contributed by atoms with van der Waals surface area (Å²) in [4.78, 5) is 27.4. The van der Waals surface area contributed by atoms with E-state index in [9.17, 15) is 24.9 Å². The second kappa shape index (κ2) is 12.9. The number of carboxylic acids is 2. The first-order valence-electron chi connectivity index (χ1n) is 9.10. The molecule has 2 atom stereocenters. The highest BCUT2D eigenvalue weighted by atomic mass is 16.4. The minimum atomic E-state index is -1.10. The van der Waals surface area contributed by atoms with Crippen molar-refractivity contribution in [3.05, 3.63) is 0 Å². The van der Waals surface area contributed by atoms with Gasteiger partial charge in [0.25, 0.3) is 0 Å². The molecule has 11 nitrogen and oxygen atoms in total. The Morgan fingerprint density at radius 3 is 1.85 bits per heavy atom. The van der Waals surface area contributed by atoms with Crippen LogP contribution >= 0.6 is 0 Å². The molecule has 0 bridgehead atoms. The number of hydrogen-bond acceptors (Lipinski definition) is 9. The number of hydrogen-bond donors (Lipinski definition) is 6. The van der Waals surface area contributed by atoms with Crippen molar-refractivity contribution in [1.29, 1.82) is 0 Å². The zero-order valence-corrected chi connectivity index (χ0v) is 15.5. The van der Waals surface area contributed by atoms with E-state index in [-0.39, 0.29) is 19.7 Å². The first-order chi connectivity index (χ1) is 12.9. The molecule has 158 valence electrons. The summed E-state index contributed by atoms with van der Waals surface area (Å²) in [6.07, 6.45) is -1.10. The van der Waals surface area contributed by atoms with Crippen LogP contribution in [0, 0.1) is 0 Å². The van der Waals surface area contributed by atoms with Gasteiger partial charge in [-0.2, -0.15) is 0 Å². The van der Waals surface area contributed by atoms with E-state index >= 15 is 0 Å². The van der Waals surface area contributed by atoms with E-state index in [1.165, 1.54) is 0 Å². The zero-order chi connectivity index (χ0) is 20.2. The number of aliphatic hydroxyl groups excluding tert-OH is 3. The zero-order valence-electron chi connectivity index (χ0n) is 15.5. The van der Waals surface area contributed by atoms with E-state index in [1.54, 1.807) is 9.80 Å². The van der Waals surface area contributed by atoms with Gasteiger partial charge in [-0.25, -0.2) is 0 Å². The molecule has 0 spiro atoms. The van der Waals surface area contributed by atoms with Crippen LogP contribution in [-0.2, 0) is 9.59 Å². The van der Waals surface area contributed by atoms with Gasteiger partial charge in [0.2, 0.25) is 0 Å². The van der Waals surface area contributed by atoms with Crippen molar-refractivity contribution in [2.75, 3.05) is 78.7 Å². The van der Waals surface area contributed by atoms with Crippen molar-refractivity contribution in [3.63, 3.8) is 0 Å². The van der Waals surface area contributed by atoms with Crippen LogP contribution in [0.5, 0.6) is 0 Å². The summed E-state index contributed by atoms with van der Waals surface area (Å²) in [5, 5.41) is 50.1. The highest BCUT2D eigenvalue weighted by molar-refractivity contribution is 5.69. The maximum Gasteiger partial charge on any atom is 0.317 e. The maximum absolute atomic E-state index is 11.1. The van der Waals surface area contributed by atoms with Crippen LogP contribution in [0.2, 0.25) is 0 Å². The lowest BCUT2D eigenvalue weighted by Gasteiger charge is -2.35. The SMILES string of the molecule is O=C(O)CN1CCNCCN(C(CO)C(O)CO)CCN(CC(=O)O)CC1. The number of rotatable bonds is 8. The van der Waals surface area contributed by atoms with E-state index in [4.69, 9.17) is 10.2 Å². The summed E-state index contributed by atoms with van der Waals surface area (Å²) in [5.41, 5.74) is 0. The van der Waals surface area contributed by atoms with Crippen LogP contribution in [0.25, 0.3) is 0 Å². The Morgan fingerprint density at radius 2 is 1.33 bits per heavy atom. The third-order valence-electron chi connectivity index (χ3n) is 4.62. The van der Waals surface area contributed by atoms with E-state index < -0.39 is 30.7 Å². The summed E-state index contributed by atoms with van der Waals surface area (Å²) >= 11 is 0. The second-order valence-corrected chi connectivity index (χ2v) is 6.63. The van der Waals surface area contributed by atoms with Crippen molar-refractivity contribution in [2.24, 2.45) is 0 Å². The quantitative estimate of drug-likeness (QED) is 0.242. The highest BCUT2D eigenvalue weighted by Crippen LogP contribution is 2.06. The van der Waals surface area contributed by atoms with Gasteiger partial charge >= 0.3 is 11.9 Å². The number of aliphatic hydroxyl groups is 3. The molecule has 0 aliphatic carbocycles. The number of carbonyl (C=O) groups is 2. The van der Waals surface area contributed by atoms with Gasteiger partial charge in [-0.05, 0) is 0 Å². The molecular formula is C16H32N4O7. The molecular weight excluding hydrogens is 360 g/mol. The van der Waals surface area contributed by atoms with Gasteiger partial charge in [0.1, 0.15) is 0 Å². The molecule has 6 N–H and O–H groups in total. The Hall–Kier alpha value is -1.34. The van der Waals surface area contributed by atoms with Gasteiger partial charge in [-0.1, -0.05) is 0 Å². The molecule has 1 aliphatic heterocycles. The average molecular weight is 392 g/mol. The predicted octanol–water partition coefficient (Wildman–Crippen LogP) is -3.62. The molecule has 0 saturated carbocycles. The molecule has 1 aliphatic rings. The molecule has 0 radical (unpaired) electrons. The van der Waals surface area contributed by atoms with Crippen molar-refractivity contribution < 1.29 is 35.1 Å². The number of nitrogens with zero attached hydrogens (tertiary/aromatic N) is 3. The molecule has 2 unspecified atom stereocenters. The topological polar surface area (TPSA) is 157 Å². The molecule has 11 heteroatoms. The number of carboxylic acid groups (broad SMARTS) is 2. The molecule has 0 aromatic rings. The van der Waals surface area contributed by atoms with Crippen molar-refractivity contribution in [3.8, 4) is 0 Å². The molecule has 1 heterocycles. The molecule has 1 saturated heterocycles. The fourth-order valence-electron chi connectivity index (χ4n) is 3.11. The standard InChI is InChI=1S/C16H32N4O7/c21-11-13(14(23)12-22)20-4-2-17-1-3-18(9-15(24)25)5-6-19(7-8-20)10-16(26)27/h13-14,17,21-23H,1-12H2,(H,24,25)(H,26,27). The van der Waals surface area contributed by atoms with E-state index in [2.05, 4.69) is 5.32 Å². The lowest BCUT2D eigenvalue weighted by molar-refractivity contribution is -0.140. The van der Waals surface area contributed by atoms with Gasteiger partial charge in [0.15, 0.2) is 0 Å². The second-order valence-electron chi connectivity index (χ2n) is 6.63. The van der Waals surface area contributed by atoms with Crippen LogP contribution in [0.15, 0.2) is 0 Å². The summed E-state index contributed by atoms with van der Waals surface area (Å²) in [5.74, 6) is -1.91. The van der Waals surface area contributed by atoms with Gasteiger partial charge in [-0.15, -0.1) is 0 Å². The third-order valence-corrected chi connectivity index (χ3v) is 4.62. The minimum Gasteiger partial charge on any atom is -0.480 e. The van der Waals surface area contributed by atoms with Crippen molar-refractivity contribution in [1.82, 2.24) is 20.0 Å². The molecule has 27 heavy (non-hydrogen) atoms. The van der Waals surface area contributed by atoms with E-state index in [0.717, 1.165) is 0 Å². The first-order valence-corrected chi connectivity index (χ1v) is 9.10. The Balaban J connectivity index is 2.82. The smallest absolute Gasteiger partial charge is 0.317 e. The maximum atomic E-state index is 11.1. The normalized spacial score (nSPS) is 21.7. The van der Waals surface area contributed by atoms with Crippen LogP contribution < -0.4 is 5.32 Å². The van der Waals surface area contributed by atoms with Crippen molar-refractivity contribution in [2.45, 2.75) is 12.1 Å². The monoisotopic (exact) mass is 392 g/mol. The van der Waals surface area contributed by atoms with E-state index in [1.807, 2.05) is 4.90 Å². The average Bonchev–Trinajstić information content (AvgIpc) is 2.60. The Bertz CT molecular complexity index is 454. The first kappa shape index (κ1) is 23.7. The fraction of sp³-hybridized carbons (Fsp3) is 0.875. The largest absolute Gasteiger partial charge is 0.480 e. The summed E-state index contributed by atoms with van der Waals surface area (Å²) in [6, 6.07) is -0.644. The van der Waals surface area contributed by atoms with Crippen molar-refractivity contribution >= 4 is 11.9 Å². The molecule has 0 aromatic carbocycles. The molecule has 0 amide bonds. The predicted molar refractivity (Wildman–Crippen MR) is 96.6 cm³/mol.